The number of hydrogen-bond acceptors (Lipinski definition) is 5. The topological polar surface area (TPSA) is 89.9 Å². The van der Waals surface area contributed by atoms with Crippen molar-refractivity contribution in [3.63, 3.8) is 0 Å². The molecular formula is C19H34O6. The number of carboxylic acids is 1. The van der Waals surface area contributed by atoms with Gasteiger partial charge in [-0.05, 0) is 38.5 Å². The SMILES string of the molecule is CCCCCCCC(=O)OCCCCC(=O)OCCCCCC(=O)O. The molecule has 0 unspecified atom stereocenters. The quantitative estimate of drug-likeness (QED) is 0.309. The van der Waals surface area contributed by atoms with Gasteiger partial charge in [0.1, 0.15) is 0 Å². The summed E-state index contributed by atoms with van der Waals surface area (Å²) in [5, 5.41) is 8.49. The van der Waals surface area contributed by atoms with Crippen LogP contribution in [0.2, 0.25) is 0 Å². The van der Waals surface area contributed by atoms with Crippen LogP contribution >= 0.6 is 0 Å². The van der Waals surface area contributed by atoms with Crippen molar-refractivity contribution in [3.8, 4) is 0 Å². The Morgan fingerprint density at radius 2 is 1.08 bits per heavy atom. The van der Waals surface area contributed by atoms with E-state index in [1.54, 1.807) is 0 Å². The summed E-state index contributed by atoms with van der Waals surface area (Å²) < 4.78 is 10.2. The van der Waals surface area contributed by atoms with Gasteiger partial charge in [-0.3, -0.25) is 14.4 Å². The van der Waals surface area contributed by atoms with Crippen LogP contribution in [0.25, 0.3) is 0 Å². The van der Waals surface area contributed by atoms with E-state index in [2.05, 4.69) is 6.92 Å². The molecule has 0 saturated heterocycles. The summed E-state index contributed by atoms with van der Waals surface area (Å²) in [6.07, 6.45) is 9.85. The van der Waals surface area contributed by atoms with E-state index in [0.717, 1.165) is 19.3 Å². The average molecular weight is 358 g/mol. The number of esters is 2. The zero-order chi connectivity index (χ0) is 18.8. The minimum Gasteiger partial charge on any atom is -0.481 e. The van der Waals surface area contributed by atoms with Gasteiger partial charge in [0.25, 0.3) is 0 Å². The molecule has 6 nitrogen and oxygen atoms in total. The molecule has 146 valence electrons. The molecule has 25 heavy (non-hydrogen) atoms. The highest BCUT2D eigenvalue weighted by Gasteiger charge is 2.05. The molecule has 0 atom stereocenters. The highest BCUT2D eigenvalue weighted by Crippen LogP contribution is 2.07. The van der Waals surface area contributed by atoms with Gasteiger partial charge in [0.2, 0.25) is 0 Å². The summed E-state index contributed by atoms with van der Waals surface area (Å²) in [5.74, 6) is -1.20. The lowest BCUT2D eigenvalue weighted by atomic mass is 10.1. The van der Waals surface area contributed by atoms with Gasteiger partial charge in [-0.2, -0.15) is 0 Å². The largest absolute Gasteiger partial charge is 0.481 e. The van der Waals surface area contributed by atoms with E-state index < -0.39 is 5.97 Å². The van der Waals surface area contributed by atoms with Crippen molar-refractivity contribution >= 4 is 17.9 Å². The first-order valence-corrected chi connectivity index (χ1v) is 9.59. The molecule has 0 heterocycles. The van der Waals surface area contributed by atoms with E-state index in [9.17, 15) is 14.4 Å². The number of aliphatic carboxylic acids is 1. The molecule has 0 aliphatic carbocycles. The summed E-state index contributed by atoms with van der Waals surface area (Å²) in [5.41, 5.74) is 0. The molecule has 1 N–H and O–H groups in total. The van der Waals surface area contributed by atoms with Crippen molar-refractivity contribution in [2.45, 2.75) is 90.4 Å². The lowest BCUT2D eigenvalue weighted by molar-refractivity contribution is -0.144. The first kappa shape index (κ1) is 23.4. The lowest BCUT2D eigenvalue weighted by Crippen LogP contribution is -2.08. The molecule has 0 saturated carbocycles. The second-order valence-electron chi connectivity index (χ2n) is 6.27. The van der Waals surface area contributed by atoms with Crippen LogP contribution < -0.4 is 0 Å². The second-order valence-corrected chi connectivity index (χ2v) is 6.27. The Balaban J connectivity index is 3.33. The molecule has 0 radical (unpaired) electrons. The minimum atomic E-state index is -0.797. The molecule has 0 aliphatic rings. The predicted molar refractivity (Wildman–Crippen MR) is 95.2 cm³/mol. The van der Waals surface area contributed by atoms with Crippen molar-refractivity contribution in [2.24, 2.45) is 0 Å². The molecule has 0 fully saturated rings. The van der Waals surface area contributed by atoms with E-state index in [-0.39, 0.29) is 18.4 Å². The molecule has 0 spiro atoms. The van der Waals surface area contributed by atoms with E-state index in [0.29, 0.717) is 51.7 Å². The van der Waals surface area contributed by atoms with Gasteiger partial charge in [0, 0.05) is 19.3 Å². The first-order chi connectivity index (χ1) is 12.1. The first-order valence-electron chi connectivity index (χ1n) is 9.59. The third-order valence-corrected chi connectivity index (χ3v) is 3.82. The fourth-order valence-electron chi connectivity index (χ4n) is 2.32. The van der Waals surface area contributed by atoms with Crippen molar-refractivity contribution in [1.82, 2.24) is 0 Å². The summed E-state index contributed by atoms with van der Waals surface area (Å²) >= 11 is 0. The van der Waals surface area contributed by atoms with Crippen LogP contribution in [0.1, 0.15) is 90.4 Å². The van der Waals surface area contributed by atoms with Crippen molar-refractivity contribution in [2.75, 3.05) is 13.2 Å². The third kappa shape index (κ3) is 18.6. The molecule has 0 rings (SSSR count). The lowest BCUT2D eigenvalue weighted by Gasteiger charge is -2.06. The van der Waals surface area contributed by atoms with Crippen LogP contribution in [0, 0.1) is 0 Å². The van der Waals surface area contributed by atoms with Gasteiger partial charge < -0.3 is 14.6 Å². The molecule has 0 aromatic rings. The van der Waals surface area contributed by atoms with Gasteiger partial charge >= 0.3 is 17.9 Å². The Hall–Kier alpha value is -1.59. The molecule has 0 aliphatic heterocycles. The monoisotopic (exact) mass is 358 g/mol. The Morgan fingerprint density at radius 3 is 1.64 bits per heavy atom. The summed E-state index contributed by atoms with van der Waals surface area (Å²) in [4.78, 5) is 33.3. The van der Waals surface area contributed by atoms with Crippen LogP contribution in [-0.4, -0.2) is 36.2 Å². The van der Waals surface area contributed by atoms with E-state index >= 15 is 0 Å². The standard InChI is InChI=1S/C19H34O6/c1-2-3-4-5-8-13-18(22)25-16-11-9-14-19(23)24-15-10-6-7-12-17(20)21/h2-16H2,1H3,(H,20,21). The van der Waals surface area contributed by atoms with Crippen LogP contribution in [0.3, 0.4) is 0 Å². The maximum absolute atomic E-state index is 11.5. The Kier molecular flexibility index (Phi) is 16.1. The van der Waals surface area contributed by atoms with Gasteiger partial charge in [-0.1, -0.05) is 32.6 Å². The fraction of sp³-hybridized carbons (Fsp3) is 0.842. The van der Waals surface area contributed by atoms with Crippen molar-refractivity contribution in [3.05, 3.63) is 0 Å². The molecular weight excluding hydrogens is 324 g/mol. The van der Waals surface area contributed by atoms with E-state index in [4.69, 9.17) is 14.6 Å². The summed E-state index contributed by atoms with van der Waals surface area (Å²) in [6.45, 7) is 2.86. The van der Waals surface area contributed by atoms with E-state index in [1.807, 2.05) is 0 Å². The number of carbonyl (C=O) groups excluding carboxylic acids is 2. The fourth-order valence-corrected chi connectivity index (χ4v) is 2.32. The summed E-state index contributed by atoms with van der Waals surface area (Å²) in [6, 6.07) is 0. The minimum absolute atomic E-state index is 0.152. The molecule has 0 bridgehead atoms. The number of hydrogen-bond donors (Lipinski definition) is 1. The molecule has 6 heteroatoms. The number of unbranched alkanes of at least 4 members (excludes halogenated alkanes) is 7. The molecule has 0 aromatic heterocycles. The third-order valence-electron chi connectivity index (χ3n) is 3.82. The zero-order valence-corrected chi connectivity index (χ0v) is 15.6. The van der Waals surface area contributed by atoms with Gasteiger partial charge in [0.05, 0.1) is 13.2 Å². The number of carbonyl (C=O) groups is 3. The number of carboxylic acid groups (broad SMARTS) is 1. The van der Waals surface area contributed by atoms with Crippen molar-refractivity contribution < 1.29 is 29.0 Å². The molecule has 0 amide bonds. The maximum atomic E-state index is 11.5. The number of rotatable bonds is 17. The Labute approximate surface area is 151 Å². The van der Waals surface area contributed by atoms with Gasteiger partial charge in [-0.15, -0.1) is 0 Å². The van der Waals surface area contributed by atoms with Gasteiger partial charge in [-0.25, -0.2) is 0 Å². The zero-order valence-electron chi connectivity index (χ0n) is 15.6. The van der Waals surface area contributed by atoms with E-state index in [1.165, 1.54) is 19.3 Å². The van der Waals surface area contributed by atoms with Crippen LogP contribution in [-0.2, 0) is 23.9 Å². The summed E-state index contributed by atoms with van der Waals surface area (Å²) in [7, 11) is 0. The average Bonchev–Trinajstić information content (AvgIpc) is 2.57. The van der Waals surface area contributed by atoms with Crippen LogP contribution in [0.4, 0.5) is 0 Å². The predicted octanol–water partition coefficient (Wildman–Crippen LogP) is 4.25. The second kappa shape index (κ2) is 17.2. The normalized spacial score (nSPS) is 10.4. The number of ether oxygens (including phenoxy) is 2. The Morgan fingerprint density at radius 1 is 0.640 bits per heavy atom. The molecule has 0 aromatic carbocycles. The maximum Gasteiger partial charge on any atom is 0.305 e. The highest BCUT2D eigenvalue weighted by molar-refractivity contribution is 5.69. The smallest absolute Gasteiger partial charge is 0.305 e. The van der Waals surface area contributed by atoms with Crippen LogP contribution in [0.15, 0.2) is 0 Å². The highest BCUT2D eigenvalue weighted by atomic mass is 16.5. The van der Waals surface area contributed by atoms with Crippen LogP contribution in [0.5, 0.6) is 0 Å². The Bertz CT molecular complexity index is 367. The van der Waals surface area contributed by atoms with Crippen molar-refractivity contribution in [1.29, 1.82) is 0 Å². The van der Waals surface area contributed by atoms with Gasteiger partial charge in [0.15, 0.2) is 0 Å².